The Kier molecular flexibility index (Phi) is 11.6. The Morgan fingerprint density at radius 3 is 2.41 bits per heavy atom. The maximum atomic E-state index is 14.4. The van der Waals surface area contributed by atoms with Crippen molar-refractivity contribution in [3.8, 4) is 11.6 Å². The van der Waals surface area contributed by atoms with Crippen molar-refractivity contribution in [1.82, 2.24) is 29.9 Å². The minimum atomic E-state index is -0.513. The van der Waals surface area contributed by atoms with E-state index in [1.165, 1.54) is 24.5 Å². The quantitative estimate of drug-likeness (QED) is 0.298. The highest BCUT2D eigenvalue weighted by molar-refractivity contribution is 5.97. The number of likely N-dealkylation sites (tertiary alicyclic amines) is 1. The summed E-state index contributed by atoms with van der Waals surface area (Å²) in [6.45, 7) is 19.0. The van der Waals surface area contributed by atoms with Crippen LogP contribution in [0.15, 0.2) is 24.5 Å². The molecule has 2 amide bonds. The fourth-order valence-electron chi connectivity index (χ4n) is 7.19. The van der Waals surface area contributed by atoms with Crippen LogP contribution in [0, 0.1) is 17.2 Å². The van der Waals surface area contributed by atoms with Crippen molar-refractivity contribution in [2.75, 3.05) is 44.7 Å². The first kappa shape index (κ1) is 35.5. The Morgan fingerprint density at radius 2 is 1.78 bits per heavy atom. The molecule has 0 saturated carbocycles. The summed E-state index contributed by atoms with van der Waals surface area (Å²) in [6.07, 6.45) is 4.98. The monoisotopic (exact) mass is 640 g/mol. The number of hydrogen-bond acceptors (Lipinski definition) is 9. The minimum absolute atomic E-state index is 0.0752. The number of carbonyl (C=O) groups excluding carboxylic acids is 2. The van der Waals surface area contributed by atoms with Crippen molar-refractivity contribution >= 4 is 17.6 Å². The van der Waals surface area contributed by atoms with Crippen LogP contribution < -0.4 is 15.4 Å². The normalized spacial score (nSPS) is 17.6. The van der Waals surface area contributed by atoms with E-state index in [4.69, 9.17) is 10.5 Å². The number of nitrogens with zero attached hydrogens (tertiary/aromatic N) is 7. The Morgan fingerprint density at radius 1 is 1.09 bits per heavy atom. The molecular formula is C34H53FN8O3. The maximum absolute atomic E-state index is 14.4. The molecule has 1 spiro atoms. The van der Waals surface area contributed by atoms with Gasteiger partial charge in [-0.3, -0.25) is 14.5 Å². The van der Waals surface area contributed by atoms with Crippen molar-refractivity contribution in [1.29, 1.82) is 0 Å². The van der Waals surface area contributed by atoms with E-state index in [-0.39, 0.29) is 52.5 Å². The standard InChI is InChI=1S/C34H53FN8O3/c1-22(2)28(10-9-14-40(8)25(7)16-30(36)44)42-19-34(20-42)13-15-41(18-34)31-32(39-38-21-37-31)46-29-12-11-26(35)17-27(29)33(45)43(23(3)4)24(5)6/h11-12,17,21-25,28H,9-10,13-16,18-20H2,1-8H3,(H2,36,44)/t25-,28?/m1/s1. The molecule has 0 bridgehead atoms. The molecule has 1 aromatic heterocycles. The molecule has 46 heavy (non-hydrogen) atoms. The predicted molar refractivity (Wildman–Crippen MR) is 177 cm³/mol. The second-order valence-corrected chi connectivity index (χ2v) is 14.3. The number of amides is 2. The number of nitrogens with two attached hydrogens (primary N) is 1. The van der Waals surface area contributed by atoms with E-state index in [1.807, 2.05) is 34.6 Å². The first-order valence-electron chi connectivity index (χ1n) is 16.7. The molecule has 12 heteroatoms. The molecule has 0 aliphatic carbocycles. The SMILES string of the molecule is CC(C)C(CCCN(C)[C@H](C)CC(N)=O)N1CC2(CCN(c3ncnnc3Oc3ccc(F)cc3C(=O)N(C(C)C)C(C)C)C2)C1. The van der Waals surface area contributed by atoms with Gasteiger partial charge in [0.2, 0.25) is 5.91 Å². The van der Waals surface area contributed by atoms with Gasteiger partial charge in [0, 0.05) is 62.2 Å². The predicted octanol–water partition coefficient (Wildman–Crippen LogP) is 4.57. The van der Waals surface area contributed by atoms with Gasteiger partial charge in [-0.2, -0.15) is 0 Å². The summed E-state index contributed by atoms with van der Waals surface area (Å²) < 4.78 is 20.6. The van der Waals surface area contributed by atoms with Gasteiger partial charge >= 0.3 is 0 Å². The van der Waals surface area contributed by atoms with Crippen molar-refractivity contribution in [3.63, 3.8) is 0 Å². The lowest BCUT2D eigenvalue weighted by atomic mass is 9.76. The minimum Gasteiger partial charge on any atom is -0.434 e. The third-order valence-electron chi connectivity index (χ3n) is 9.61. The number of ether oxygens (including phenoxy) is 1. The molecule has 254 valence electrons. The van der Waals surface area contributed by atoms with E-state index in [9.17, 15) is 14.0 Å². The topological polar surface area (TPSA) is 121 Å². The number of benzene rings is 1. The third kappa shape index (κ3) is 8.31. The summed E-state index contributed by atoms with van der Waals surface area (Å²) >= 11 is 0. The van der Waals surface area contributed by atoms with Crippen molar-refractivity contribution in [2.24, 2.45) is 17.1 Å². The van der Waals surface area contributed by atoms with Crippen molar-refractivity contribution < 1.29 is 18.7 Å². The zero-order valence-corrected chi connectivity index (χ0v) is 28.9. The molecule has 4 rings (SSSR count). The summed E-state index contributed by atoms with van der Waals surface area (Å²) in [7, 11) is 2.06. The Bertz CT molecular complexity index is 1340. The van der Waals surface area contributed by atoms with Gasteiger partial charge in [0.15, 0.2) is 5.82 Å². The van der Waals surface area contributed by atoms with Crippen LogP contribution in [0.4, 0.5) is 10.2 Å². The van der Waals surface area contributed by atoms with E-state index in [0.717, 1.165) is 52.0 Å². The lowest BCUT2D eigenvalue weighted by Crippen LogP contribution is -2.62. The van der Waals surface area contributed by atoms with E-state index in [1.54, 1.807) is 4.90 Å². The van der Waals surface area contributed by atoms with Gasteiger partial charge in [-0.15, -0.1) is 10.2 Å². The van der Waals surface area contributed by atoms with Crippen molar-refractivity contribution in [3.05, 3.63) is 35.9 Å². The lowest BCUT2D eigenvalue weighted by molar-refractivity contribution is -0.119. The fraction of sp³-hybridized carbons (Fsp3) is 0.676. The fourth-order valence-corrected chi connectivity index (χ4v) is 7.19. The van der Waals surface area contributed by atoms with Gasteiger partial charge in [-0.25, -0.2) is 9.37 Å². The van der Waals surface area contributed by atoms with Crippen LogP contribution in [0.1, 0.15) is 84.5 Å². The zero-order chi connectivity index (χ0) is 33.8. The Balaban J connectivity index is 1.42. The molecule has 1 aromatic carbocycles. The number of primary amides is 1. The second kappa shape index (κ2) is 15.0. The van der Waals surface area contributed by atoms with Gasteiger partial charge in [0.25, 0.3) is 11.8 Å². The zero-order valence-electron chi connectivity index (χ0n) is 28.9. The van der Waals surface area contributed by atoms with Gasteiger partial charge in [-0.05, 0) is 91.6 Å². The molecule has 2 N–H and O–H groups in total. The van der Waals surface area contributed by atoms with Gasteiger partial charge in [0.05, 0.1) is 5.56 Å². The summed E-state index contributed by atoms with van der Waals surface area (Å²) in [6, 6.07) is 4.45. The number of hydrogen-bond donors (Lipinski definition) is 1. The van der Waals surface area contributed by atoms with Crippen LogP contribution in [0.5, 0.6) is 11.6 Å². The van der Waals surface area contributed by atoms with Gasteiger partial charge in [-0.1, -0.05) is 13.8 Å². The molecule has 2 aliphatic heterocycles. The number of anilines is 1. The lowest BCUT2D eigenvalue weighted by Gasteiger charge is -2.53. The van der Waals surface area contributed by atoms with E-state index in [0.29, 0.717) is 24.2 Å². The molecule has 1 unspecified atom stereocenters. The Labute approximate surface area is 273 Å². The number of rotatable bonds is 15. The highest BCUT2D eigenvalue weighted by Gasteiger charge is 2.50. The van der Waals surface area contributed by atoms with E-state index >= 15 is 0 Å². The molecule has 2 atom stereocenters. The highest BCUT2D eigenvalue weighted by Crippen LogP contribution is 2.44. The van der Waals surface area contributed by atoms with Crippen LogP contribution in [-0.2, 0) is 4.79 Å². The number of aromatic nitrogens is 3. The average Bonchev–Trinajstić information content (AvgIpc) is 3.40. The molecule has 2 aliphatic rings. The molecule has 3 heterocycles. The second-order valence-electron chi connectivity index (χ2n) is 14.3. The highest BCUT2D eigenvalue weighted by atomic mass is 19.1. The largest absolute Gasteiger partial charge is 0.434 e. The first-order chi connectivity index (χ1) is 21.7. The van der Waals surface area contributed by atoms with E-state index in [2.05, 4.69) is 50.8 Å². The summed E-state index contributed by atoms with van der Waals surface area (Å²) in [4.78, 5) is 38.2. The summed E-state index contributed by atoms with van der Waals surface area (Å²) in [5.74, 6) is 0.448. The van der Waals surface area contributed by atoms with Gasteiger partial charge < -0.3 is 25.2 Å². The van der Waals surface area contributed by atoms with Crippen LogP contribution >= 0.6 is 0 Å². The van der Waals surface area contributed by atoms with Crippen LogP contribution in [0.2, 0.25) is 0 Å². The Hall–Kier alpha value is -3.38. The molecule has 11 nitrogen and oxygen atoms in total. The number of halogens is 1. The molecule has 2 aromatic rings. The summed E-state index contributed by atoms with van der Waals surface area (Å²) in [5.41, 5.74) is 5.69. The van der Waals surface area contributed by atoms with Crippen molar-refractivity contribution in [2.45, 2.75) is 98.3 Å². The first-order valence-corrected chi connectivity index (χ1v) is 16.7. The summed E-state index contributed by atoms with van der Waals surface area (Å²) in [5, 5.41) is 8.23. The van der Waals surface area contributed by atoms with Crippen LogP contribution in [0.25, 0.3) is 0 Å². The third-order valence-corrected chi connectivity index (χ3v) is 9.61. The molecule has 2 fully saturated rings. The smallest absolute Gasteiger partial charge is 0.282 e. The molecule has 0 radical (unpaired) electrons. The van der Waals surface area contributed by atoms with Crippen LogP contribution in [-0.4, -0.2) is 106 Å². The number of carbonyl (C=O) groups is 2. The van der Waals surface area contributed by atoms with E-state index < -0.39 is 5.82 Å². The van der Waals surface area contributed by atoms with Gasteiger partial charge in [0.1, 0.15) is 17.9 Å². The average molecular weight is 641 g/mol. The van der Waals surface area contributed by atoms with Crippen LogP contribution in [0.3, 0.4) is 0 Å². The molecule has 2 saturated heterocycles. The maximum Gasteiger partial charge on any atom is 0.282 e. The molecular weight excluding hydrogens is 587 g/mol.